The molecule has 0 spiro atoms. The highest BCUT2D eigenvalue weighted by Crippen LogP contribution is 2.34. The maximum Gasteiger partial charge on any atom is 0.143 e. The molecular formula is C14H18ClFOS. The standard InChI is InChI=1S/C14H18ClFOS/c1-8(2)5-13(10(4)17)18-14-6-9(3)12(16)7-11(14)15/h6-8,13H,5H2,1-4H3. The van der Waals surface area contributed by atoms with E-state index in [9.17, 15) is 9.18 Å². The Kier molecular flexibility index (Phi) is 5.67. The molecule has 0 heterocycles. The van der Waals surface area contributed by atoms with E-state index in [4.69, 9.17) is 11.6 Å². The van der Waals surface area contributed by atoms with Crippen molar-refractivity contribution in [3.63, 3.8) is 0 Å². The second kappa shape index (κ2) is 6.58. The lowest BCUT2D eigenvalue weighted by molar-refractivity contribution is -0.116. The van der Waals surface area contributed by atoms with E-state index >= 15 is 0 Å². The largest absolute Gasteiger partial charge is 0.299 e. The molecule has 0 aliphatic rings. The van der Waals surface area contributed by atoms with Crippen molar-refractivity contribution in [2.24, 2.45) is 5.92 Å². The first kappa shape index (κ1) is 15.5. The average Bonchev–Trinajstić information content (AvgIpc) is 2.23. The molecule has 4 heteroatoms. The van der Waals surface area contributed by atoms with E-state index in [0.29, 0.717) is 16.5 Å². The van der Waals surface area contributed by atoms with Gasteiger partial charge in [0.1, 0.15) is 11.6 Å². The zero-order valence-electron chi connectivity index (χ0n) is 11.1. The predicted octanol–water partition coefficient (Wildman–Crippen LogP) is 4.88. The van der Waals surface area contributed by atoms with Gasteiger partial charge in [-0.3, -0.25) is 4.79 Å². The number of halogens is 2. The Morgan fingerprint density at radius 2 is 2.06 bits per heavy atom. The summed E-state index contributed by atoms with van der Waals surface area (Å²) in [6.07, 6.45) is 0.798. The molecule has 0 radical (unpaired) electrons. The summed E-state index contributed by atoms with van der Waals surface area (Å²) in [6.45, 7) is 7.44. The van der Waals surface area contributed by atoms with Gasteiger partial charge in [-0.2, -0.15) is 0 Å². The molecule has 0 aliphatic heterocycles. The van der Waals surface area contributed by atoms with Crippen LogP contribution in [0.2, 0.25) is 5.02 Å². The summed E-state index contributed by atoms with van der Waals surface area (Å²) in [4.78, 5) is 12.4. The van der Waals surface area contributed by atoms with Crippen LogP contribution in [0.1, 0.15) is 32.8 Å². The third-order valence-corrected chi connectivity index (χ3v) is 4.45. The van der Waals surface area contributed by atoms with Crippen molar-refractivity contribution in [3.05, 3.63) is 28.5 Å². The number of hydrogen-bond donors (Lipinski definition) is 0. The third kappa shape index (κ3) is 4.29. The Balaban J connectivity index is 2.93. The number of benzene rings is 1. The van der Waals surface area contributed by atoms with Crippen molar-refractivity contribution in [1.82, 2.24) is 0 Å². The minimum absolute atomic E-state index is 0.118. The monoisotopic (exact) mass is 288 g/mol. The molecular weight excluding hydrogens is 271 g/mol. The van der Waals surface area contributed by atoms with Gasteiger partial charge in [-0.1, -0.05) is 25.4 Å². The SMILES string of the molecule is CC(=O)C(CC(C)C)Sc1cc(C)c(F)cc1Cl. The van der Waals surface area contributed by atoms with Crippen LogP contribution in [0.4, 0.5) is 4.39 Å². The lowest BCUT2D eigenvalue weighted by Gasteiger charge is -2.17. The van der Waals surface area contributed by atoms with Crippen molar-refractivity contribution >= 4 is 29.1 Å². The van der Waals surface area contributed by atoms with Crippen molar-refractivity contribution in [3.8, 4) is 0 Å². The number of carbonyl (C=O) groups is 1. The summed E-state index contributed by atoms with van der Waals surface area (Å²) < 4.78 is 13.3. The number of ketones is 1. The van der Waals surface area contributed by atoms with Crippen LogP contribution in [0.5, 0.6) is 0 Å². The molecule has 100 valence electrons. The molecule has 0 amide bonds. The number of aryl methyl sites for hydroxylation is 1. The fraction of sp³-hybridized carbons (Fsp3) is 0.500. The van der Waals surface area contributed by atoms with E-state index in [0.717, 1.165) is 11.3 Å². The van der Waals surface area contributed by atoms with E-state index in [1.54, 1.807) is 19.9 Å². The van der Waals surface area contributed by atoms with Crippen molar-refractivity contribution in [2.75, 3.05) is 0 Å². The molecule has 1 nitrogen and oxygen atoms in total. The molecule has 0 fully saturated rings. The molecule has 0 saturated heterocycles. The van der Waals surface area contributed by atoms with Crippen LogP contribution in [0.25, 0.3) is 0 Å². The maximum absolute atomic E-state index is 13.3. The lowest BCUT2D eigenvalue weighted by Crippen LogP contribution is -2.16. The summed E-state index contributed by atoms with van der Waals surface area (Å²) in [5.41, 5.74) is 0.550. The first-order valence-corrected chi connectivity index (χ1v) is 7.19. The minimum Gasteiger partial charge on any atom is -0.299 e. The van der Waals surface area contributed by atoms with Gasteiger partial charge in [0.15, 0.2) is 0 Å². The Labute approximate surface area is 117 Å². The minimum atomic E-state index is -0.312. The maximum atomic E-state index is 13.3. The zero-order valence-corrected chi connectivity index (χ0v) is 12.7. The van der Waals surface area contributed by atoms with Crippen LogP contribution in [0.15, 0.2) is 17.0 Å². The smallest absolute Gasteiger partial charge is 0.143 e. The van der Waals surface area contributed by atoms with E-state index in [-0.39, 0.29) is 16.9 Å². The molecule has 18 heavy (non-hydrogen) atoms. The first-order chi connectivity index (χ1) is 8.31. The Morgan fingerprint density at radius 3 is 2.56 bits per heavy atom. The van der Waals surface area contributed by atoms with Gasteiger partial charge in [0.2, 0.25) is 0 Å². The molecule has 0 aliphatic carbocycles. The summed E-state index contributed by atoms with van der Waals surface area (Å²) >= 11 is 7.44. The topological polar surface area (TPSA) is 17.1 Å². The van der Waals surface area contributed by atoms with Gasteiger partial charge in [-0.25, -0.2) is 4.39 Å². The van der Waals surface area contributed by atoms with Crippen LogP contribution in [0.3, 0.4) is 0 Å². The van der Waals surface area contributed by atoms with E-state index in [1.165, 1.54) is 17.8 Å². The van der Waals surface area contributed by atoms with Crippen molar-refractivity contribution in [1.29, 1.82) is 0 Å². The Bertz CT molecular complexity index is 446. The van der Waals surface area contributed by atoms with E-state index < -0.39 is 0 Å². The highest BCUT2D eigenvalue weighted by Gasteiger charge is 2.19. The predicted molar refractivity (Wildman–Crippen MR) is 75.9 cm³/mol. The van der Waals surface area contributed by atoms with Gasteiger partial charge in [-0.05, 0) is 43.9 Å². The van der Waals surface area contributed by atoms with Crippen LogP contribution < -0.4 is 0 Å². The summed E-state index contributed by atoms with van der Waals surface area (Å²) in [5, 5.41) is 0.255. The first-order valence-electron chi connectivity index (χ1n) is 5.94. The normalized spacial score (nSPS) is 12.8. The number of thioether (sulfide) groups is 1. The lowest BCUT2D eigenvalue weighted by atomic mass is 10.1. The van der Waals surface area contributed by atoms with Gasteiger partial charge in [-0.15, -0.1) is 11.8 Å². The van der Waals surface area contributed by atoms with Gasteiger partial charge in [0.25, 0.3) is 0 Å². The van der Waals surface area contributed by atoms with Crippen LogP contribution in [0, 0.1) is 18.7 Å². The Morgan fingerprint density at radius 1 is 1.44 bits per heavy atom. The van der Waals surface area contributed by atoms with Crippen molar-refractivity contribution < 1.29 is 9.18 Å². The van der Waals surface area contributed by atoms with E-state index in [2.05, 4.69) is 13.8 Å². The van der Waals surface area contributed by atoms with Crippen LogP contribution >= 0.6 is 23.4 Å². The Hall–Kier alpha value is -0.540. The second-order valence-corrected chi connectivity index (χ2v) is 6.53. The molecule has 1 unspecified atom stereocenters. The molecule has 1 atom stereocenters. The second-order valence-electron chi connectivity index (χ2n) is 4.88. The van der Waals surface area contributed by atoms with E-state index in [1.807, 2.05) is 0 Å². The summed E-state index contributed by atoms with van der Waals surface area (Å²) in [6, 6.07) is 3.02. The number of Topliss-reactive ketones (excluding diaryl/α,β-unsaturated/α-hetero) is 1. The van der Waals surface area contributed by atoms with Gasteiger partial charge in [0.05, 0.1) is 10.3 Å². The third-order valence-electron chi connectivity index (χ3n) is 2.62. The van der Waals surface area contributed by atoms with Gasteiger partial charge >= 0.3 is 0 Å². The number of carbonyl (C=O) groups excluding carboxylic acids is 1. The zero-order chi connectivity index (χ0) is 13.9. The fourth-order valence-corrected chi connectivity index (χ4v) is 3.25. The molecule has 1 aromatic rings. The average molecular weight is 289 g/mol. The summed E-state index contributed by atoms with van der Waals surface area (Å²) in [5.74, 6) is 0.256. The fourth-order valence-electron chi connectivity index (χ4n) is 1.60. The van der Waals surface area contributed by atoms with Gasteiger partial charge < -0.3 is 0 Å². The molecule has 0 saturated carbocycles. The highest BCUT2D eigenvalue weighted by molar-refractivity contribution is 8.00. The number of hydrogen-bond acceptors (Lipinski definition) is 2. The quantitative estimate of drug-likeness (QED) is 0.718. The molecule has 1 aromatic carbocycles. The summed E-state index contributed by atoms with van der Waals surface area (Å²) in [7, 11) is 0. The van der Waals surface area contributed by atoms with Crippen LogP contribution in [-0.4, -0.2) is 11.0 Å². The molecule has 1 rings (SSSR count). The molecule has 0 bridgehead atoms. The molecule has 0 aromatic heterocycles. The van der Waals surface area contributed by atoms with Crippen LogP contribution in [-0.2, 0) is 4.79 Å². The molecule has 0 N–H and O–H groups in total. The van der Waals surface area contributed by atoms with Crippen molar-refractivity contribution in [2.45, 2.75) is 44.3 Å². The highest BCUT2D eigenvalue weighted by atomic mass is 35.5. The number of rotatable bonds is 5. The van der Waals surface area contributed by atoms with Gasteiger partial charge in [0, 0.05) is 4.90 Å².